The maximum Gasteiger partial charge on any atom is 0.335 e. The minimum absolute atomic E-state index is 0.101. The molecular weight excluding hydrogens is 246 g/mol. The highest BCUT2D eigenvalue weighted by Crippen LogP contribution is 2.17. The number of hydrogen-bond acceptors (Lipinski definition) is 3. The number of carboxylic acids is 1. The molecule has 5 nitrogen and oxygen atoms in total. The molecule has 1 aromatic rings. The third-order valence-corrected chi connectivity index (χ3v) is 2.73. The number of rotatable bonds is 6. The molecule has 104 valence electrons. The SMILES string of the molecule is COCC(C)CC(=O)Nc1ccc(C(=O)O)cc1C. The summed E-state index contributed by atoms with van der Waals surface area (Å²) in [5, 5.41) is 11.6. The lowest BCUT2D eigenvalue weighted by molar-refractivity contribution is -0.117. The fraction of sp³-hybridized carbons (Fsp3) is 0.429. The van der Waals surface area contributed by atoms with E-state index < -0.39 is 5.97 Å². The van der Waals surface area contributed by atoms with Crippen LogP contribution >= 0.6 is 0 Å². The number of anilines is 1. The van der Waals surface area contributed by atoms with Crippen LogP contribution in [0.2, 0.25) is 0 Å². The van der Waals surface area contributed by atoms with Crippen molar-refractivity contribution in [3.05, 3.63) is 29.3 Å². The molecule has 0 spiro atoms. The maximum atomic E-state index is 11.8. The number of carbonyl (C=O) groups excluding carboxylic acids is 1. The molecule has 19 heavy (non-hydrogen) atoms. The summed E-state index contributed by atoms with van der Waals surface area (Å²) in [6, 6.07) is 4.62. The zero-order valence-electron chi connectivity index (χ0n) is 11.4. The predicted octanol–water partition coefficient (Wildman–Crippen LogP) is 2.30. The highest BCUT2D eigenvalue weighted by atomic mass is 16.5. The van der Waals surface area contributed by atoms with Crippen LogP contribution in [0.1, 0.15) is 29.3 Å². The molecule has 0 bridgehead atoms. The Hall–Kier alpha value is -1.88. The molecule has 5 heteroatoms. The minimum Gasteiger partial charge on any atom is -0.478 e. The number of benzene rings is 1. The van der Waals surface area contributed by atoms with Crippen LogP contribution in [-0.2, 0) is 9.53 Å². The van der Waals surface area contributed by atoms with Gasteiger partial charge >= 0.3 is 5.97 Å². The van der Waals surface area contributed by atoms with Crippen molar-refractivity contribution in [2.24, 2.45) is 5.92 Å². The smallest absolute Gasteiger partial charge is 0.335 e. The molecule has 1 rings (SSSR count). The third-order valence-electron chi connectivity index (χ3n) is 2.73. The van der Waals surface area contributed by atoms with Crippen molar-refractivity contribution in [1.82, 2.24) is 0 Å². The first kappa shape index (κ1) is 15.2. The summed E-state index contributed by atoms with van der Waals surface area (Å²) in [6.07, 6.45) is 0.369. The Morgan fingerprint density at radius 3 is 2.63 bits per heavy atom. The number of hydrogen-bond donors (Lipinski definition) is 2. The molecule has 1 atom stereocenters. The summed E-state index contributed by atoms with van der Waals surface area (Å²) in [4.78, 5) is 22.6. The quantitative estimate of drug-likeness (QED) is 0.827. The molecule has 1 aromatic carbocycles. The van der Waals surface area contributed by atoms with Gasteiger partial charge in [0.2, 0.25) is 5.91 Å². The first-order chi connectivity index (χ1) is 8.93. The van der Waals surface area contributed by atoms with E-state index >= 15 is 0 Å². The number of ether oxygens (including phenoxy) is 1. The molecule has 0 heterocycles. The van der Waals surface area contributed by atoms with E-state index in [0.29, 0.717) is 18.7 Å². The Labute approximate surface area is 112 Å². The second-order valence-corrected chi connectivity index (χ2v) is 4.65. The van der Waals surface area contributed by atoms with E-state index in [0.717, 1.165) is 5.56 Å². The predicted molar refractivity (Wildman–Crippen MR) is 72.4 cm³/mol. The van der Waals surface area contributed by atoms with Crippen LogP contribution in [0.15, 0.2) is 18.2 Å². The van der Waals surface area contributed by atoms with Crippen molar-refractivity contribution in [2.75, 3.05) is 19.0 Å². The van der Waals surface area contributed by atoms with Gasteiger partial charge in [-0.3, -0.25) is 4.79 Å². The van der Waals surface area contributed by atoms with Gasteiger partial charge in [-0.2, -0.15) is 0 Å². The van der Waals surface area contributed by atoms with Crippen LogP contribution in [0.4, 0.5) is 5.69 Å². The van der Waals surface area contributed by atoms with E-state index in [1.165, 1.54) is 12.1 Å². The Morgan fingerprint density at radius 1 is 1.42 bits per heavy atom. The normalized spacial score (nSPS) is 11.9. The van der Waals surface area contributed by atoms with Gasteiger partial charge in [0.1, 0.15) is 0 Å². The summed E-state index contributed by atoms with van der Waals surface area (Å²) >= 11 is 0. The Kier molecular flexibility index (Phi) is 5.51. The van der Waals surface area contributed by atoms with Crippen LogP contribution in [0.25, 0.3) is 0 Å². The number of methoxy groups -OCH3 is 1. The second kappa shape index (κ2) is 6.89. The van der Waals surface area contributed by atoms with Crippen LogP contribution in [-0.4, -0.2) is 30.7 Å². The minimum atomic E-state index is -0.977. The molecule has 0 aliphatic carbocycles. The van der Waals surface area contributed by atoms with Gasteiger partial charge in [0.05, 0.1) is 5.56 Å². The molecule has 0 saturated carbocycles. The highest BCUT2D eigenvalue weighted by molar-refractivity contribution is 5.93. The molecule has 1 amide bonds. The van der Waals surface area contributed by atoms with Gasteiger partial charge in [-0.05, 0) is 36.6 Å². The van der Waals surface area contributed by atoms with Gasteiger partial charge in [-0.25, -0.2) is 4.79 Å². The third kappa shape index (κ3) is 4.71. The molecular formula is C14H19NO4. The van der Waals surface area contributed by atoms with Gasteiger partial charge < -0.3 is 15.2 Å². The molecule has 0 fully saturated rings. The molecule has 1 unspecified atom stereocenters. The van der Waals surface area contributed by atoms with E-state index in [1.807, 2.05) is 6.92 Å². The summed E-state index contributed by atoms with van der Waals surface area (Å²) in [7, 11) is 1.60. The highest BCUT2D eigenvalue weighted by Gasteiger charge is 2.11. The van der Waals surface area contributed by atoms with E-state index in [9.17, 15) is 9.59 Å². The monoisotopic (exact) mass is 265 g/mol. The van der Waals surface area contributed by atoms with Crippen LogP contribution < -0.4 is 5.32 Å². The van der Waals surface area contributed by atoms with Crippen LogP contribution in [0.3, 0.4) is 0 Å². The summed E-state index contributed by atoms with van der Waals surface area (Å²) in [5.74, 6) is -0.936. The molecule has 0 aliphatic heterocycles. The van der Waals surface area contributed by atoms with E-state index in [4.69, 9.17) is 9.84 Å². The number of nitrogens with one attached hydrogen (secondary N) is 1. The summed E-state index contributed by atoms with van der Waals surface area (Å²) in [6.45, 7) is 4.23. The van der Waals surface area contributed by atoms with E-state index in [-0.39, 0.29) is 17.4 Å². The topological polar surface area (TPSA) is 75.6 Å². The molecule has 0 aliphatic rings. The van der Waals surface area contributed by atoms with Crippen molar-refractivity contribution in [2.45, 2.75) is 20.3 Å². The lowest BCUT2D eigenvalue weighted by atomic mass is 10.1. The van der Waals surface area contributed by atoms with Gasteiger partial charge in [0.15, 0.2) is 0 Å². The first-order valence-electron chi connectivity index (χ1n) is 6.06. The zero-order chi connectivity index (χ0) is 14.4. The van der Waals surface area contributed by atoms with Gasteiger partial charge in [0.25, 0.3) is 0 Å². The molecule has 0 saturated heterocycles. The Morgan fingerprint density at radius 2 is 2.11 bits per heavy atom. The molecule has 2 N–H and O–H groups in total. The average Bonchev–Trinajstić information content (AvgIpc) is 2.31. The van der Waals surface area contributed by atoms with Crippen molar-refractivity contribution < 1.29 is 19.4 Å². The van der Waals surface area contributed by atoms with Crippen molar-refractivity contribution >= 4 is 17.6 Å². The average molecular weight is 265 g/mol. The lowest BCUT2D eigenvalue weighted by Gasteiger charge is -2.12. The zero-order valence-corrected chi connectivity index (χ0v) is 11.4. The second-order valence-electron chi connectivity index (χ2n) is 4.65. The van der Waals surface area contributed by atoms with Crippen molar-refractivity contribution in [1.29, 1.82) is 0 Å². The number of amides is 1. The summed E-state index contributed by atoms with van der Waals surface area (Å²) < 4.78 is 4.98. The van der Waals surface area contributed by atoms with Crippen LogP contribution in [0.5, 0.6) is 0 Å². The van der Waals surface area contributed by atoms with Crippen molar-refractivity contribution in [3.63, 3.8) is 0 Å². The Balaban J connectivity index is 2.67. The standard InChI is InChI=1S/C14H19NO4/c1-9(8-19-3)6-13(16)15-12-5-4-11(14(17)18)7-10(12)2/h4-5,7,9H,6,8H2,1-3H3,(H,15,16)(H,17,18). The largest absolute Gasteiger partial charge is 0.478 e. The fourth-order valence-corrected chi connectivity index (χ4v) is 1.80. The molecule has 0 aromatic heterocycles. The number of aryl methyl sites for hydroxylation is 1. The van der Waals surface area contributed by atoms with Crippen molar-refractivity contribution in [3.8, 4) is 0 Å². The fourth-order valence-electron chi connectivity index (χ4n) is 1.80. The maximum absolute atomic E-state index is 11.8. The number of aromatic carboxylic acids is 1. The van der Waals surface area contributed by atoms with Gasteiger partial charge in [-0.1, -0.05) is 6.92 Å². The lowest BCUT2D eigenvalue weighted by Crippen LogP contribution is -2.18. The summed E-state index contributed by atoms with van der Waals surface area (Å²) in [5.41, 5.74) is 1.58. The first-order valence-corrected chi connectivity index (χ1v) is 6.06. The molecule has 0 radical (unpaired) electrons. The van der Waals surface area contributed by atoms with Gasteiger partial charge in [0, 0.05) is 25.8 Å². The number of carbonyl (C=O) groups is 2. The van der Waals surface area contributed by atoms with E-state index in [1.54, 1.807) is 20.1 Å². The number of carboxylic acid groups (broad SMARTS) is 1. The van der Waals surface area contributed by atoms with E-state index in [2.05, 4.69) is 5.32 Å². The van der Waals surface area contributed by atoms with Gasteiger partial charge in [-0.15, -0.1) is 0 Å². The Bertz CT molecular complexity index is 471. The van der Waals surface area contributed by atoms with Crippen LogP contribution in [0, 0.1) is 12.8 Å².